The number of carbonyl (C=O) groups excluding carboxylic acids is 2. The fourth-order valence-corrected chi connectivity index (χ4v) is 8.58. The molecule has 0 spiro atoms. The molecule has 0 aliphatic heterocycles. The van der Waals surface area contributed by atoms with Crippen LogP contribution in [-0.2, 0) is 14.3 Å². The first kappa shape index (κ1) is 59.6. The molecule has 0 radical (unpaired) electrons. The number of esters is 1. The summed E-state index contributed by atoms with van der Waals surface area (Å²) in [5.74, 6) is -0.0495. The number of amides is 1. The van der Waals surface area contributed by atoms with Gasteiger partial charge in [0, 0.05) is 12.8 Å². The van der Waals surface area contributed by atoms with Gasteiger partial charge in [0.15, 0.2) is 0 Å². The highest BCUT2D eigenvalue weighted by Gasteiger charge is 2.20. The van der Waals surface area contributed by atoms with Crippen LogP contribution in [-0.4, -0.2) is 47.4 Å². The van der Waals surface area contributed by atoms with Crippen molar-refractivity contribution in [3.05, 3.63) is 12.2 Å². The summed E-state index contributed by atoms with van der Waals surface area (Å²) in [7, 11) is 0. The lowest BCUT2D eigenvalue weighted by Gasteiger charge is -2.22. The first-order chi connectivity index (χ1) is 30.0. The van der Waals surface area contributed by atoms with Gasteiger partial charge in [0.2, 0.25) is 5.91 Å². The van der Waals surface area contributed by atoms with Gasteiger partial charge in [0.05, 0.1) is 25.4 Å². The number of hydrogen-bond acceptors (Lipinski definition) is 5. The molecule has 61 heavy (non-hydrogen) atoms. The summed E-state index contributed by atoms with van der Waals surface area (Å²) in [5.41, 5.74) is 0. The van der Waals surface area contributed by atoms with Crippen molar-refractivity contribution in [2.45, 2.75) is 315 Å². The highest BCUT2D eigenvalue weighted by Crippen LogP contribution is 2.17. The number of rotatable bonds is 51. The van der Waals surface area contributed by atoms with Crippen LogP contribution < -0.4 is 5.32 Å². The monoisotopic (exact) mass is 862 g/mol. The van der Waals surface area contributed by atoms with Crippen molar-refractivity contribution >= 4 is 11.9 Å². The number of hydrogen-bond donors (Lipinski definition) is 3. The van der Waals surface area contributed by atoms with E-state index in [0.29, 0.717) is 25.9 Å². The third-order valence-corrected chi connectivity index (χ3v) is 12.8. The van der Waals surface area contributed by atoms with Gasteiger partial charge in [0.1, 0.15) is 0 Å². The molecule has 0 fully saturated rings. The first-order valence-corrected chi connectivity index (χ1v) is 27.4. The largest absolute Gasteiger partial charge is 0.466 e. The summed E-state index contributed by atoms with van der Waals surface area (Å²) >= 11 is 0. The minimum absolute atomic E-state index is 0.00739. The van der Waals surface area contributed by atoms with E-state index in [1.54, 1.807) is 0 Å². The number of ether oxygens (including phenoxy) is 1. The Hall–Kier alpha value is -1.40. The second kappa shape index (κ2) is 51.2. The van der Waals surface area contributed by atoms with Crippen LogP contribution in [0.3, 0.4) is 0 Å². The molecule has 0 aliphatic carbocycles. The summed E-state index contributed by atoms with van der Waals surface area (Å²) in [5, 5.41) is 23.2. The third kappa shape index (κ3) is 47.9. The van der Waals surface area contributed by atoms with Crippen molar-refractivity contribution in [2.75, 3.05) is 13.2 Å². The van der Waals surface area contributed by atoms with Crippen molar-refractivity contribution in [1.29, 1.82) is 0 Å². The van der Waals surface area contributed by atoms with Crippen LogP contribution >= 0.6 is 0 Å². The maximum Gasteiger partial charge on any atom is 0.305 e. The molecule has 362 valence electrons. The van der Waals surface area contributed by atoms with E-state index >= 15 is 0 Å². The van der Waals surface area contributed by atoms with E-state index in [1.807, 2.05) is 0 Å². The van der Waals surface area contributed by atoms with E-state index in [4.69, 9.17) is 4.74 Å². The lowest BCUT2D eigenvalue weighted by atomic mass is 10.0. The van der Waals surface area contributed by atoms with Crippen LogP contribution in [0, 0.1) is 0 Å². The molecule has 2 unspecified atom stereocenters. The summed E-state index contributed by atoms with van der Waals surface area (Å²) in [6.07, 6.45) is 59.0. The van der Waals surface area contributed by atoms with Crippen LogP contribution in [0.15, 0.2) is 12.2 Å². The Morgan fingerprint density at radius 1 is 0.443 bits per heavy atom. The Kier molecular flexibility index (Phi) is 50.1. The second-order valence-corrected chi connectivity index (χ2v) is 18.9. The number of nitrogens with one attached hydrogen (secondary N) is 1. The van der Waals surface area contributed by atoms with Gasteiger partial charge in [-0.05, 0) is 51.4 Å². The number of aliphatic hydroxyl groups is 2. The van der Waals surface area contributed by atoms with Gasteiger partial charge in [-0.3, -0.25) is 9.59 Å². The molecule has 0 aromatic heterocycles. The van der Waals surface area contributed by atoms with Crippen molar-refractivity contribution in [3.63, 3.8) is 0 Å². The molecule has 3 N–H and O–H groups in total. The fourth-order valence-electron chi connectivity index (χ4n) is 8.58. The Bertz CT molecular complexity index is 909. The SMILES string of the molecule is CCCCCCC/C=C\CCCCCCCC(=O)OCCCCCCCCCCCCCCCCCC(=O)NC(CO)C(O)CCCCCCCCCCCCCCCCC. The molecule has 2 atom stereocenters. The van der Waals surface area contributed by atoms with Crippen LogP contribution in [0.5, 0.6) is 0 Å². The van der Waals surface area contributed by atoms with Crippen molar-refractivity contribution in [3.8, 4) is 0 Å². The average molecular weight is 862 g/mol. The smallest absolute Gasteiger partial charge is 0.305 e. The first-order valence-electron chi connectivity index (χ1n) is 27.4. The summed E-state index contributed by atoms with van der Waals surface area (Å²) in [6, 6.07) is -0.547. The second-order valence-electron chi connectivity index (χ2n) is 18.9. The summed E-state index contributed by atoms with van der Waals surface area (Å²) in [4.78, 5) is 24.5. The third-order valence-electron chi connectivity index (χ3n) is 12.8. The number of aliphatic hydroxyl groups excluding tert-OH is 2. The van der Waals surface area contributed by atoms with Crippen LogP contribution in [0.2, 0.25) is 0 Å². The predicted octanol–water partition coefficient (Wildman–Crippen LogP) is 16.5. The van der Waals surface area contributed by atoms with E-state index in [9.17, 15) is 19.8 Å². The van der Waals surface area contributed by atoms with E-state index < -0.39 is 12.1 Å². The quantitative estimate of drug-likeness (QED) is 0.0322. The van der Waals surface area contributed by atoms with Crippen molar-refractivity contribution in [1.82, 2.24) is 5.32 Å². The van der Waals surface area contributed by atoms with E-state index in [2.05, 4.69) is 31.3 Å². The number of carbonyl (C=O) groups is 2. The van der Waals surface area contributed by atoms with Gasteiger partial charge in [-0.15, -0.1) is 0 Å². The normalized spacial score (nSPS) is 12.7. The number of unbranched alkanes of at least 4 members (excludes halogenated alkanes) is 38. The van der Waals surface area contributed by atoms with Gasteiger partial charge >= 0.3 is 5.97 Å². The lowest BCUT2D eigenvalue weighted by molar-refractivity contribution is -0.143. The molecule has 1 amide bonds. The highest BCUT2D eigenvalue weighted by molar-refractivity contribution is 5.76. The van der Waals surface area contributed by atoms with Crippen LogP contribution in [0.25, 0.3) is 0 Å². The molecule has 0 aliphatic rings. The van der Waals surface area contributed by atoms with Crippen LogP contribution in [0.4, 0.5) is 0 Å². The summed E-state index contributed by atoms with van der Waals surface area (Å²) in [6.45, 7) is 4.93. The number of allylic oxidation sites excluding steroid dienone is 2. The van der Waals surface area contributed by atoms with E-state index in [1.165, 1.54) is 218 Å². The molecule has 0 aromatic carbocycles. The van der Waals surface area contributed by atoms with Crippen LogP contribution in [0.1, 0.15) is 303 Å². The highest BCUT2D eigenvalue weighted by atomic mass is 16.5. The maximum atomic E-state index is 12.5. The van der Waals surface area contributed by atoms with Crippen molar-refractivity contribution in [2.24, 2.45) is 0 Å². The minimum Gasteiger partial charge on any atom is -0.466 e. The Balaban J connectivity index is 3.43. The Morgan fingerprint density at radius 3 is 1.16 bits per heavy atom. The standard InChI is InChI=1S/C55H107NO5/c1-3-5-7-9-11-13-15-17-20-23-27-31-35-39-43-47-53(58)52(51-57)56-54(59)48-44-40-36-32-28-24-21-19-22-26-30-34-38-42-46-50-61-55(60)49-45-41-37-33-29-25-18-16-14-12-10-8-6-4-2/h16,18,52-53,57-58H,3-15,17,19-51H2,1-2H3,(H,56,59)/b18-16-. The minimum atomic E-state index is -0.669. The maximum absolute atomic E-state index is 12.5. The molecule has 6 heteroatoms. The molecule has 0 heterocycles. The average Bonchev–Trinajstić information content (AvgIpc) is 3.26. The predicted molar refractivity (Wildman–Crippen MR) is 264 cm³/mol. The Labute approximate surface area is 380 Å². The zero-order chi connectivity index (χ0) is 44.4. The van der Waals surface area contributed by atoms with E-state index in [0.717, 1.165) is 51.4 Å². The van der Waals surface area contributed by atoms with E-state index in [-0.39, 0.29) is 18.5 Å². The van der Waals surface area contributed by atoms with Gasteiger partial charge in [-0.2, -0.15) is 0 Å². The molecular weight excluding hydrogens is 755 g/mol. The van der Waals surface area contributed by atoms with Gasteiger partial charge in [-0.1, -0.05) is 251 Å². The zero-order valence-corrected chi connectivity index (χ0v) is 41.2. The molecule has 0 saturated carbocycles. The van der Waals surface area contributed by atoms with Crippen molar-refractivity contribution < 1.29 is 24.5 Å². The fraction of sp³-hybridized carbons (Fsp3) is 0.927. The van der Waals surface area contributed by atoms with Gasteiger partial charge in [0.25, 0.3) is 0 Å². The van der Waals surface area contributed by atoms with Gasteiger partial charge < -0.3 is 20.3 Å². The molecule has 0 aromatic rings. The Morgan fingerprint density at radius 2 is 0.770 bits per heavy atom. The molecule has 0 bridgehead atoms. The molecule has 0 saturated heterocycles. The molecule has 6 nitrogen and oxygen atoms in total. The van der Waals surface area contributed by atoms with Gasteiger partial charge in [-0.25, -0.2) is 0 Å². The molecule has 0 rings (SSSR count). The molecular formula is C55H107NO5. The topological polar surface area (TPSA) is 95.9 Å². The summed E-state index contributed by atoms with van der Waals surface area (Å²) < 4.78 is 5.46. The lowest BCUT2D eigenvalue weighted by Crippen LogP contribution is -2.45. The zero-order valence-electron chi connectivity index (χ0n) is 41.2.